The Morgan fingerprint density at radius 1 is 1.45 bits per heavy atom. The number of phenolic OH excluding ortho intramolecular Hbond substituents is 1. The van der Waals surface area contributed by atoms with E-state index in [1.807, 2.05) is 0 Å². The largest absolute Gasteiger partial charge is 0.504 e. The van der Waals surface area contributed by atoms with Crippen molar-refractivity contribution in [2.75, 3.05) is 12.5 Å². The molecule has 0 aliphatic carbocycles. The van der Waals surface area contributed by atoms with Gasteiger partial charge in [0, 0.05) is 0 Å². The fourth-order valence-corrected chi connectivity index (χ4v) is 1.40. The summed E-state index contributed by atoms with van der Waals surface area (Å²) in [5.74, 6) is 0.526. The van der Waals surface area contributed by atoms with Gasteiger partial charge in [0.25, 0.3) is 5.56 Å². The summed E-state index contributed by atoms with van der Waals surface area (Å²) in [6.45, 7) is 1.55. The maximum atomic E-state index is 11.3. The Labute approximate surface area is 114 Å². The number of aromatic amines is 1. The first-order valence-electron chi connectivity index (χ1n) is 5.70. The molecule has 2 rings (SSSR count). The number of aryl methyl sites for hydroxylation is 1. The average Bonchev–Trinajstić information content (AvgIpc) is 2.43. The van der Waals surface area contributed by atoms with Crippen LogP contribution >= 0.6 is 0 Å². The number of methoxy groups -OCH3 is 1. The molecule has 1 aromatic carbocycles. The zero-order chi connectivity index (χ0) is 14.5. The molecule has 0 bridgehead atoms. The van der Waals surface area contributed by atoms with Gasteiger partial charge >= 0.3 is 0 Å². The summed E-state index contributed by atoms with van der Waals surface area (Å²) in [6.07, 6.45) is 1.46. The summed E-state index contributed by atoms with van der Waals surface area (Å²) in [6, 6.07) is 4.82. The number of aromatic hydroxyl groups is 1. The van der Waals surface area contributed by atoms with Gasteiger partial charge in [-0.2, -0.15) is 5.10 Å². The zero-order valence-electron chi connectivity index (χ0n) is 10.9. The molecule has 8 nitrogen and oxygen atoms in total. The molecule has 0 atom stereocenters. The number of ether oxygens (including phenoxy) is 1. The molecule has 0 amide bonds. The lowest BCUT2D eigenvalue weighted by Crippen LogP contribution is -2.15. The van der Waals surface area contributed by atoms with E-state index in [1.165, 1.54) is 19.4 Å². The molecular weight excluding hydrogens is 262 g/mol. The molecule has 3 N–H and O–H groups in total. The molecule has 0 aliphatic rings. The van der Waals surface area contributed by atoms with Gasteiger partial charge < -0.3 is 9.84 Å². The van der Waals surface area contributed by atoms with Crippen LogP contribution in [0.3, 0.4) is 0 Å². The minimum absolute atomic E-state index is 0.0139. The van der Waals surface area contributed by atoms with Crippen LogP contribution in [0.25, 0.3) is 0 Å². The Balaban J connectivity index is 2.08. The van der Waals surface area contributed by atoms with Crippen molar-refractivity contribution in [1.29, 1.82) is 0 Å². The molecule has 104 valence electrons. The summed E-state index contributed by atoms with van der Waals surface area (Å²) in [5, 5.41) is 20.8. The fraction of sp³-hybridized carbons (Fsp3) is 0.167. The highest BCUT2D eigenvalue weighted by atomic mass is 16.5. The first kappa shape index (κ1) is 13.5. The standard InChI is InChI=1S/C12H13N5O3/c1-7-11(19)14-12(17-15-7)16-13-6-8-3-4-10(20-2)9(18)5-8/h3-6,18H,1-2H3,(H2,14,16,17,19)/b13-6-. The Morgan fingerprint density at radius 3 is 2.90 bits per heavy atom. The maximum absolute atomic E-state index is 11.3. The lowest BCUT2D eigenvalue weighted by molar-refractivity contribution is 0.373. The van der Waals surface area contributed by atoms with Crippen LogP contribution in [-0.4, -0.2) is 33.6 Å². The van der Waals surface area contributed by atoms with Crippen LogP contribution in [0.1, 0.15) is 11.3 Å². The Kier molecular flexibility index (Phi) is 3.94. The van der Waals surface area contributed by atoms with Crippen LogP contribution in [0.15, 0.2) is 28.1 Å². The number of nitrogens with zero attached hydrogens (tertiary/aromatic N) is 3. The van der Waals surface area contributed by atoms with Gasteiger partial charge in [-0.3, -0.25) is 9.78 Å². The van der Waals surface area contributed by atoms with E-state index < -0.39 is 0 Å². The van der Waals surface area contributed by atoms with E-state index in [0.717, 1.165) is 0 Å². The van der Waals surface area contributed by atoms with Gasteiger partial charge in [-0.05, 0) is 30.7 Å². The van der Waals surface area contributed by atoms with E-state index in [2.05, 4.69) is 25.7 Å². The monoisotopic (exact) mass is 275 g/mol. The predicted octanol–water partition coefficient (Wildman–Crippen LogP) is 0.634. The number of nitrogens with one attached hydrogen (secondary N) is 2. The van der Waals surface area contributed by atoms with E-state index in [1.54, 1.807) is 19.1 Å². The topological polar surface area (TPSA) is 112 Å². The van der Waals surface area contributed by atoms with Crippen molar-refractivity contribution in [2.45, 2.75) is 6.92 Å². The molecule has 8 heteroatoms. The third-order valence-electron chi connectivity index (χ3n) is 2.45. The van der Waals surface area contributed by atoms with Crippen LogP contribution in [0, 0.1) is 6.92 Å². The zero-order valence-corrected chi connectivity index (χ0v) is 10.9. The van der Waals surface area contributed by atoms with Crippen molar-refractivity contribution in [3.63, 3.8) is 0 Å². The van der Waals surface area contributed by atoms with Crippen LogP contribution in [-0.2, 0) is 0 Å². The van der Waals surface area contributed by atoms with Gasteiger partial charge in [-0.15, -0.1) is 10.2 Å². The highest BCUT2D eigenvalue weighted by Gasteiger charge is 2.01. The number of anilines is 1. The molecule has 2 aromatic rings. The quantitative estimate of drug-likeness (QED) is 0.557. The highest BCUT2D eigenvalue weighted by Crippen LogP contribution is 2.25. The highest BCUT2D eigenvalue weighted by molar-refractivity contribution is 5.81. The van der Waals surface area contributed by atoms with Crippen molar-refractivity contribution >= 4 is 12.2 Å². The van der Waals surface area contributed by atoms with Crippen molar-refractivity contribution < 1.29 is 9.84 Å². The minimum atomic E-state index is -0.334. The lowest BCUT2D eigenvalue weighted by Gasteiger charge is -2.03. The number of phenols is 1. The van der Waals surface area contributed by atoms with E-state index >= 15 is 0 Å². The van der Waals surface area contributed by atoms with E-state index in [4.69, 9.17) is 4.74 Å². The van der Waals surface area contributed by atoms with Crippen molar-refractivity contribution in [1.82, 2.24) is 15.2 Å². The molecule has 0 unspecified atom stereocenters. The second kappa shape index (κ2) is 5.83. The summed E-state index contributed by atoms with van der Waals surface area (Å²) < 4.78 is 4.93. The van der Waals surface area contributed by atoms with Gasteiger partial charge in [-0.25, -0.2) is 5.43 Å². The molecule has 0 aliphatic heterocycles. The first-order valence-corrected chi connectivity index (χ1v) is 5.70. The number of hydrogen-bond donors (Lipinski definition) is 3. The number of hydrazone groups is 1. The third kappa shape index (κ3) is 3.10. The van der Waals surface area contributed by atoms with Gasteiger partial charge in [0.1, 0.15) is 5.69 Å². The van der Waals surface area contributed by atoms with Crippen LogP contribution in [0.5, 0.6) is 11.5 Å². The molecule has 0 fully saturated rings. The van der Waals surface area contributed by atoms with Crippen LogP contribution in [0.4, 0.5) is 5.95 Å². The number of rotatable bonds is 4. The number of H-pyrrole nitrogens is 1. The van der Waals surface area contributed by atoms with Crippen molar-refractivity contribution in [3.8, 4) is 11.5 Å². The Hall–Kier alpha value is -2.90. The minimum Gasteiger partial charge on any atom is -0.504 e. The smallest absolute Gasteiger partial charge is 0.274 e. The van der Waals surface area contributed by atoms with E-state index in [-0.39, 0.29) is 23.0 Å². The normalized spacial score (nSPS) is 10.7. The molecule has 1 heterocycles. The summed E-state index contributed by atoms with van der Waals surface area (Å²) in [7, 11) is 1.47. The molecule has 0 saturated heterocycles. The number of aromatic nitrogens is 3. The summed E-state index contributed by atoms with van der Waals surface area (Å²) in [5.41, 5.74) is 3.13. The van der Waals surface area contributed by atoms with Crippen molar-refractivity contribution in [3.05, 3.63) is 39.8 Å². The van der Waals surface area contributed by atoms with Gasteiger partial charge in [0.05, 0.1) is 13.3 Å². The first-order chi connectivity index (χ1) is 9.60. The molecule has 0 saturated carbocycles. The molecule has 20 heavy (non-hydrogen) atoms. The average molecular weight is 275 g/mol. The second-order valence-electron chi connectivity index (χ2n) is 3.89. The lowest BCUT2D eigenvalue weighted by atomic mass is 10.2. The van der Waals surface area contributed by atoms with Crippen LogP contribution < -0.4 is 15.7 Å². The third-order valence-corrected chi connectivity index (χ3v) is 2.45. The maximum Gasteiger partial charge on any atom is 0.274 e. The van der Waals surface area contributed by atoms with E-state index in [9.17, 15) is 9.90 Å². The predicted molar refractivity (Wildman–Crippen MR) is 73.3 cm³/mol. The van der Waals surface area contributed by atoms with E-state index in [0.29, 0.717) is 11.3 Å². The van der Waals surface area contributed by atoms with Crippen molar-refractivity contribution in [2.24, 2.45) is 5.10 Å². The number of benzene rings is 1. The molecular formula is C12H13N5O3. The second-order valence-corrected chi connectivity index (χ2v) is 3.89. The summed E-state index contributed by atoms with van der Waals surface area (Å²) in [4.78, 5) is 13.8. The fourth-order valence-electron chi connectivity index (χ4n) is 1.40. The Bertz CT molecular complexity index is 696. The Morgan fingerprint density at radius 2 is 2.25 bits per heavy atom. The molecule has 0 radical (unpaired) electrons. The molecule has 1 aromatic heterocycles. The van der Waals surface area contributed by atoms with Gasteiger partial charge in [0.15, 0.2) is 11.5 Å². The van der Waals surface area contributed by atoms with Gasteiger partial charge in [-0.1, -0.05) is 0 Å². The number of hydrogen-bond acceptors (Lipinski definition) is 7. The summed E-state index contributed by atoms with van der Waals surface area (Å²) >= 11 is 0. The van der Waals surface area contributed by atoms with Gasteiger partial charge in [0.2, 0.25) is 5.95 Å². The van der Waals surface area contributed by atoms with Crippen LogP contribution in [0.2, 0.25) is 0 Å². The molecule has 0 spiro atoms. The SMILES string of the molecule is COc1ccc(/C=N\Nc2nnc(C)c(=O)[nH]2)cc1O.